The van der Waals surface area contributed by atoms with E-state index in [1.165, 1.54) is 0 Å². The first-order valence-corrected chi connectivity index (χ1v) is 8.77. The monoisotopic (exact) mass is 368 g/mol. The molecular weight excluding hydrogens is 348 g/mol. The number of aromatic hydroxyl groups is 2. The molecule has 0 amide bonds. The fraction of sp³-hybridized carbons (Fsp3) is 0. The zero-order valence-electron chi connectivity index (χ0n) is 15.2. The Morgan fingerprint density at radius 3 is 1.11 bits per heavy atom. The number of rotatable bonds is 3. The Morgan fingerprint density at radius 2 is 0.786 bits per heavy atom. The molecule has 0 spiro atoms. The molecule has 0 bridgehead atoms. The molecule has 138 valence electrons. The van der Waals surface area contributed by atoms with Crippen molar-refractivity contribution < 1.29 is 10.2 Å². The summed E-state index contributed by atoms with van der Waals surface area (Å²) in [5, 5.41) is 18.2. The molecule has 2 N–H and O–H groups in total. The summed E-state index contributed by atoms with van der Waals surface area (Å²) in [5.74, 6) is 0.514. The zero-order valence-corrected chi connectivity index (χ0v) is 15.2. The van der Waals surface area contributed by atoms with Gasteiger partial charge in [0, 0.05) is 24.8 Å². The van der Waals surface area contributed by atoms with E-state index in [1.54, 1.807) is 49.1 Å². The maximum absolute atomic E-state index is 9.11. The Hall–Kier alpha value is -3.92. The Bertz CT molecular complexity index is 913. The number of hydrogen-bond donors (Lipinski definition) is 2. The van der Waals surface area contributed by atoms with Crippen molar-refractivity contribution in [2.24, 2.45) is 0 Å². The van der Waals surface area contributed by atoms with E-state index < -0.39 is 0 Å². The smallest absolute Gasteiger partial charge is 0.115 e. The first-order valence-electron chi connectivity index (χ1n) is 8.77. The number of hydrogen-bond acceptors (Lipinski definition) is 4. The van der Waals surface area contributed by atoms with E-state index >= 15 is 0 Å². The van der Waals surface area contributed by atoms with Gasteiger partial charge in [0.1, 0.15) is 11.5 Å². The van der Waals surface area contributed by atoms with Gasteiger partial charge in [-0.25, -0.2) is 0 Å². The molecule has 4 rings (SSSR count). The van der Waals surface area contributed by atoms with Crippen LogP contribution in [0, 0.1) is 0 Å². The van der Waals surface area contributed by atoms with Crippen LogP contribution in [0.2, 0.25) is 0 Å². The standard InChI is InChI=1S/C12H10N2.C12H10O2/c1(11-3-7-13-8-4-11)2-12-5-9-14-10-6-12;13-11-5-1-9(2-6-11)10-3-7-12(14)8-4-10/h1-10H;1-8,13-14H/b2-1+;. The average Bonchev–Trinajstić information content (AvgIpc) is 2.75. The van der Waals surface area contributed by atoms with Gasteiger partial charge in [-0.3, -0.25) is 9.97 Å². The van der Waals surface area contributed by atoms with E-state index in [1.807, 2.05) is 48.5 Å². The molecule has 2 aromatic carbocycles. The number of aromatic nitrogens is 2. The summed E-state index contributed by atoms with van der Waals surface area (Å²) in [4.78, 5) is 7.91. The highest BCUT2D eigenvalue weighted by Crippen LogP contribution is 2.23. The summed E-state index contributed by atoms with van der Waals surface area (Å²) in [5.41, 5.74) is 4.33. The number of phenolic OH excluding ortho intramolecular Hbond substituents is 2. The summed E-state index contributed by atoms with van der Waals surface area (Å²) in [7, 11) is 0. The predicted octanol–water partition coefficient (Wildman–Crippen LogP) is 5.41. The molecule has 0 radical (unpaired) electrons. The molecule has 0 unspecified atom stereocenters. The Morgan fingerprint density at radius 1 is 0.464 bits per heavy atom. The first-order chi connectivity index (χ1) is 13.7. The summed E-state index contributed by atoms with van der Waals surface area (Å²) in [6.45, 7) is 0. The van der Waals surface area contributed by atoms with E-state index in [0.29, 0.717) is 0 Å². The van der Waals surface area contributed by atoms with Crippen LogP contribution < -0.4 is 0 Å². The lowest BCUT2D eigenvalue weighted by molar-refractivity contribution is 0.474. The van der Waals surface area contributed by atoms with Gasteiger partial charge in [0.25, 0.3) is 0 Å². The third-order valence-electron chi connectivity index (χ3n) is 3.95. The Kier molecular flexibility index (Phi) is 6.53. The molecule has 4 nitrogen and oxygen atoms in total. The normalized spacial score (nSPS) is 10.3. The molecule has 2 heterocycles. The lowest BCUT2D eigenvalue weighted by Gasteiger charge is -2.01. The zero-order chi connectivity index (χ0) is 19.6. The van der Waals surface area contributed by atoms with Gasteiger partial charge < -0.3 is 10.2 Å². The van der Waals surface area contributed by atoms with E-state index in [2.05, 4.69) is 22.1 Å². The quantitative estimate of drug-likeness (QED) is 0.507. The fourth-order valence-corrected chi connectivity index (χ4v) is 2.45. The minimum Gasteiger partial charge on any atom is -0.508 e. The second kappa shape index (κ2) is 9.69. The minimum atomic E-state index is 0.257. The van der Waals surface area contributed by atoms with Crippen molar-refractivity contribution in [2.45, 2.75) is 0 Å². The van der Waals surface area contributed by atoms with Crippen LogP contribution in [-0.2, 0) is 0 Å². The second-order valence-electron chi connectivity index (χ2n) is 5.99. The Balaban J connectivity index is 0.000000161. The first kappa shape index (κ1) is 18.9. The van der Waals surface area contributed by atoms with Crippen molar-refractivity contribution in [1.82, 2.24) is 9.97 Å². The van der Waals surface area contributed by atoms with Crippen LogP contribution in [0.25, 0.3) is 23.3 Å². The maximum Gasteiger partial charge on any atom is 0.115 e. The molecular formula is C24H20N2O2. The maximum atomic E-state index is 9.11. The summed E-state index contributed by atoms with van der Waals surface area (Å²) >= 11 is 0. The molecule has 2 aromatic heterocycles. The fourth-order valence-electron chi connectivity index (χ4n) is 2.45. The van der Waals surface area contributed by atoms with Crippen molar-refractivity contribution >= 4 is 12.2 Å². The number of benzene rings is 2. The average molecular weight is 368 g/mol. The molecule has 0 aliphatic heterocycles. The largest absolute Gasteiger partial charge is 0.508 e. The molecule has 28 heavy (non-hydrogen) atoms. The molecule has 0 fully saturated rings. The van der Waals surface area contributed by atoms with Gasteiger partial charge in [0.15, 0.2) is 0 Å². The van der Waals surface area contributed by atoms with Crippen LogP contribution in [0.1, 0.15) is 11.1 Å². The van der Waals surface area contributed by atoms with E-state index in [9.17, 15) is 0 Å². The van der Waals surface area contributed by atoms with Crippen molar-refractivity contribution in [3.63, 3.8) is 0 Å². The van der Waals surface area contributed by atoms with Gasteiger partial charge in [-0.15, -0.1) is 0 Å². The highest BCUT2D eigenvalue weighted by molar-refractivity contribution is 5.69. The molecule has 0 aliphatic rings. The molecule has 4 heteroatoms. The topological polar surface area (TPSA) is 66.2 Å². The third-order valence-corrected chi connectivity index (χ3v) is 3.95. The van der Waals surface area contributed by atoms with Crippen molar-refractivity contribution in [3.05, 3.63) is 109 Å². The van der Waals surface area contributed by atoms with E-state index in [0.717, 1.165) is 22.3 Å². The van der Waals surface area contributed by atoms with Crippen LogP contribution in [0.5, 0.6) is 11.5 Å². The highest BCUT2D eigenvalue weighted by atomic mass is 16.3. The van der Waals surface area contributed by atoms with Gasteiger partial charge in [0.05, 0.1) is 0 Å². The van der Waals surface area contributed by atoms with Gasteiger partial charge in [-0.2, -0.15) is 0 Å². The van der Waals surface area contributed by atoms with Gasteiger partial charge >= 0.3 is 0 Å². The lowest BCUT2D eigenvalue weighted by atomic mass is 10.1. The van der Waals surface area contributed by atoms with E-state index in [4.69, 9.17) is 10.2 Å². The Labute approximate surface area is 164 Å². The molecule has 0 aliphatic carbocycles. The van der Waals surface area contributed by atoms with Gasteiger partial charge in [-0.1, -0.05) is 36.4 Å². The molecule has 4 aromatic rings. The molecule has 0 atom stereocenters. The third kappa shape index (κ3) is 5.81. The van der Waals surface area contributed by atoms with Crippen molar-refractivity contribution in [1.29, 1.82) is 0 Å². The second-order valence-corrected chi connectivity index (χ2v) is 5.99. The van der Waals surface area contributed by atoms with Crippen LogP contribution in [0.4, 0.5) is 0 Å². The van der Waals surface area contributed by atoms with Crippen LogP contribution in [0.15, 0.2) is 97.6 Å². The minimum absolute atomic E-state index is 0.257. The van der Waals surface area contributed by atoms with Gasteiger partial charge in [0.2, 0.25) is 0 Å². The summed E-state index contributed by atoms with van der Waals surface area (Å²) in [6.07, 6.45) is 11.2. The van der Waals surface area contributed by atoms with Crippen LogP contribution in [-0.4, -0.2) is 20.2 Å². The lowest BCUT2D eigenvalue weighted by Crippen LogP contribution is -1.75. The summed E-state index contributed by atoms with van der Waals surface area (Å²) < 4.78 is 0. The predicted molar refractivity (Wildman–Crippen MR) is 113 cm³/mol. The number of phenols is 2. The summed E-state index contributed by atoms with van der Waals surface area (Å²) in [6, 6.07) is 21.8. The van der Waals surface area contributed by atoms with Crippen molar-refractivity contribution in [2.75, 3.05) is 0 Å². The van der Waals surface area contributed by atoms with E-state index in [-0.39, 0.29) is 11.5 Å². The number of pyridine rings is 2. The molecule has 0 saturated heterocycles. The van der Waals surface area contributed by atoms with Crippen LogP contribution in [0.3, 0.4) is 0 Å². The van der Waals surface area contributed by atoms with Crippen LogP contribution >= 0.6 is 0 Å². The van der Waals surface area contributed by atoms with Crippen molar-refractivity contribution in [3.8, 4) is 22.6 Å². The SMILES string of the molecule is C(=C\c1ccncc1)/c1ccncc1.Oc1ccc(-c2ccc(O)cc2)cc1. The van der Waals surface area contributed by atoms with Gasteiger partial charge in [-0.05, 0) is 70.8 Å². The highest BCUT2D eigenvalue weighted by Gasteiger charge is 1.97. The molecule has 0 saturated carbocycles. The number of nitrogens with zero attached hydrogens (tertiary/aromatic N) is 2.